The SMILES string of the molecule is CC1CN(Cc2csc(NC(=O)CCc3ccc(F)cc3)n2)CC(C)O1. The van der Waals surface area contributed by atoms with E-state index in [9.17, 15) is 9.18 Å². The highest BCUT2D eigenvalue weighted by molar-refractivity contribution is 7.13. The van der Waals surface area contributed by atoms with E-state index >= 15 is 0 Å². The summed E-state index contributed by atoms with van der Waals surface area (Å²) in [5, 5.41) is 5.46. The first-order chi connectivity index (χ1) is 12.5. The van der Waals surface area contributed by atoms with Gasteiger partial charge in [-0.3, -0.25) is 9.69 Å². The molecule has 2 unspecified atom stereocenters. The fourth-order valence-electron chi connectivity index (χ4n) is 3.17. The van der Waals surface area contributed by atoms with E-state index in [1.54, 1.807) is 12.1 Å². The van der Waals surface area contributed by atoms with Gasteiger partial charge < -0.3 is 10.1 Å². The van der Waals surface area contributed by atoms with Crippen molar-refractivity contribution < 1.29 is 13.9 Å². The van der Waals surface area contributed by atoms with Gasteiger partial charge in [-0.25, -0.2) is 9.37 Å². The topological polar surface area (TPSA) is 54.5 Å². The zero-order chi connectivity index (χ0) is 18.5. The van der Waals surface area contributed by atoms with E-state index in [4.69, 9.17) is 4.74 Å². The summed E-state index contributed by atoms with van der Waals surface area (Å²) in [6.07, 6.45) is 1.37. The molecule has 1 aromatic carbocycles. The molecule has 2 aromatic rings. The smallest absolute Gasteiger partial charge is 0.226 e. The van der Waals surface area contributed by atoms with Gasteiger partial charge in [-0.2, -0.15) is 0 Å². The first kappa shape index (κ1) is 18.9. The molecule has 1 aliphatic heterocycles. The zero-order valence-corrected chi connectivity index (χ0v) is 15.9. The van der Waals surface area contributed by atoms with Crippen molar-refractivity contribution in [3.63, 3.8) is 0 Å². The Hall–Kier alpha value is -1.83. The number of benzene rings is 1. The van der Waals surface area contributed by atoms with Crippen LogP contribution in [0.5, 0.6) is 0 Å². The number of rotatable bonds is 6. The van der Waals surface area contributed by atoms with E-state index in [0.29, 0.717) is 18.0 Å². The van der Waals surface area contributed by atoms with Gasteiger partial charge in [0.1, 0.15) is 5.82 Å². The molecular formula is C19H24FN3O2S. The lowest BCUT2D eigenvalue weighted by atomic mass is 10.1. The molecular weight excluding hydrogens is 353 g/mol. The fraction of sp³-hybridized carbons (Fsp3) is 0.474. The predicted molar refractivity (Wildman–Crippen MR) is 101 cm³/mol. The highest BCUT2D eigenvalue weighted by Crippen LogP contribution is 2.19. The lowest BCUT2D eigenvalue weighted by Gasteiger charge is -2.34. The minimum Gasteiger partial charge on any atom is -0.373 e. The average Bonchev–Trinajstić information content (AvgIpc) is 3.00. The highest BCUT2D eigenvalue weighted by atomic mass is 32.1. The van der Waals surface area contributed by atoms with Crippen LogP contribution in [0.25, 0.3) is 0 Å². The number of nitrogens with zero attached hydrogens (tertiary/aromatic N) is 2. The van der Waals surface area contributed by atoms with Crippen molar-refractivity contribution in [3.8, 4) is 0 Å². The Morgan fingerprint density at radius 3 is 2.69 bits per heavy atom. The summed E-state index contributed by atoms with van der Waals surface area (Å²) in [6.45, 7) is 6.70. The number of thiazole rings is 1. The number of carbonyl (C=O) groups is 1. The average molecular weight is 377 g/mol. The Kier molecular flexibility index (Phi) is 6.34. The molecule has 2 heterocycles. The maximum Gasteiger partial charge on any atom is 0.226 e. The normalized spacial score (nSPS) is 20.9. The van der Waals surface area contributed by atoms with Crippen molar-refractivity contribution in [2.24, 2.45) is 0 Å². The standard InChI is InChI=1S/C19H24FN3O2S/c1-13-9-23(10-14(2)25-13)11-17-12-26-19(21-17)22-18(24)8-5-15-3-6-16(20)7-4-15/h3-4,6-7,12-14H,5,8-11H2,1-2H3,(H,21,22,24). The molecule has 7 heteroatoms. The van der Waals surface area contributed by atoms with Crippen LogP contribution in [0.15, 0.2) is 29.6 Å². The molecule has 0 radical (unpaired) electrons. The number of halogens is 1. The maximum atomic E-state index is 12.9. The summed E-state index contributed by atoms with van der Waals surface area (Å²) in [4.78, 5) is 18.9. The highest BCUT2D eigenvalue weighted by Gasteiger charge is 2.22. The molecule has 0 saturated carbocycles. The minimum atomic E-state index is -0.266. The van der Waals surface area contributed by atoms with Gasteiger partial charge in [-0.1, -0.05) is 12.1 Å². The molecule has 140 valence electrons. The summed E-state index contributed by atoms with van der Waals surface area (Å²) < 4.78 is 18.6. The lowest BCUT2D eigenvalue weighted by Crippen LogP contribution is -2.44. The Balaban J connectivity index is 1.46. The van der Waals surface area contributed by atoms with Gasteiger partial charge >= 0.3 is 0 Å². The summed E-state index contributed by atoms with van der Waals surface area (Å²) >= 11 is 1.44. The van der Waals surface area contributed by atoms with E-state index in [2.05, 4.69) is 29.0 Å². The molecule has 1 aliphatic rings. The van der Waals surface area contributed by atoms with Crippen molar-refractivity contribution in [3.05, 3.63) is 46.7 Å². The number of hydrogen-bond acceptors (Lipinski definition) is 5. The molecule has 1 fully saturated rings. The van der Waals surface area contributed by atoms with Crippen molar-refractivity contribution >= 4 is 22.4 Å². The third kappa shape index (κ3) is 5.59. The molecule has 2 atom stereocenters. The number of amides is 1. The molecule has 0 bridgehead atoms. The minimum absolute atomic E-state index is 0.0798. The second kappa shape index (κ2) is 8.70. The van der Waals surface area contributed by atoms with Crippen LogP contribution in [0.2, 0.25) is 0 Å². The maximum absolute atomic E-state index is 12.9. The van der Waals surface area contributed by atoms with Crippen LogP contribution in [0.1, 0.15) is 31.5 Å². The van der Waals surface area contributed by atoms with Crippen molar-refractivity contribution in [1.29, 1.82) is 0 Å². The number of aromatic nitrogens is 1. The largest absolute Gasteiger partial charge is 0.373 e. The zero-order valence-electron chi connectivity index (χ0n) is 15.1. The second-order valence-corrected chi connectivity index (χ2v) is 7.63. The van der Waals surface area contributed by atoms with Crippen LogP contribution in [-0.2, 0) is 22.5 Å². The first-order valence-electron chi connectivity index (χ1n) is 8.84. The third-order valence-electron chi connectivity index (χ3n) is 4.23. The molecule has 1 amide bonds. The number of ether oxygens (including phenoxy) is 1. The van der Waals surface area contributed by atoms with Gasteiger partial charge in [0.25, 0.3) is 0 Å². The molecule has 0 aliphatic carbocycles. The summed E-state index contributed by atoms with van der Waals surface area (Å²) in [5.74, 6) is -0.346. The number of anilines is 1. The van der Waals surface area contributed by atoms with Crippen molar-refractivity contribution in [2.45, 2.75) is 45.4 Å². The molecule has 1 N–H and O–H groups in total. The Labute approximate surface area is 157 Å². The molecule has 26 heavy (non-hydrogen) atoms. The monoisotopic (exact) mass is 377 g/mol. The van der Waals surface area contributed by atoms with Gasteiger partial charge in [-0.05, 0) is 38.0 Å². The van der Waals surface area contributed by atoms with Gasteiger partial charge in [0.2, 0.25) is 5.91 Å². The van der Waals surface area contributed by atoms with Crippen molar-refractivity contribution in [1.82, 2.24) is 9.88 Å². The van der Waals surface area contributed by atoms with Crippen LogP contribution in [0.3, 0.4) is 0 Å². The van der Waals surface area contributed by atoms with Gasteiger partial charge in [0, 0.05) is 31.4 Å². The van der Waals surface area contributed by atoms with Gasteiger partial charge in [0.15, 0.2) is 5.13 Å². The van der Waals surface area contributed by atoms with Crippen LogP contribution in [0, 0.1) is 5.82 Å². The Bertz CT molecular complexity index is 725. The lowest BCUT2D eigenvalue weighted by molar-refractivity contribution is -0.116. The fourth-order valence-corrected chi connectivity index (χ4v) is 3.89. The van der Waals surface area contributed by atoms with Crippen LogP contribution in [-0.4, -0.2) is 41.1 Å². The number of hydrogen-bond donors (Lipinski definition) is 1. The van der Waals surface area contributed by atoms with Crippen LogP contribution < -0.4 is 5.32 Å². The Morgan fingerprint density at radius 2 is 2.00 bits per heavy atom. The second-order valence-electron chi connectivity index (χ2n) is 6.77. The van der Waals surface area contributed by atoms with Gasteiger partial charge in [-0.15, -0.1) is 11.3 Å². The van der Waals surface area contributed by atoms with E-state index < -0.39 is 0 Å². The van der Waals surface area contributed by atoms with E-state index in [0.717, 1.165) is 30.9 Å². The summed E-state index contributed by atoms with van der Waals surface area (Å²) in [7, 11) is 0. The van der Waals surface area contributed by atoms with Crippen LogP contribution in [0.4, 0.5) is 9.52 Å². The number of nitrogens with one attached hydrogen (secondary N) is 1. The summed E-state index contributed by atoms with van der Waals surface area (Å²) in [5.41, 5.74) is 1.90. The molecule has 0 spiro atoms. The van der Waals surface area contributed by atoms with E-state index in [-0.39, 0.29) is 23.9 Å². The number of aryl methyl sites for hydroxylation is 1. The van der Waals surface area contributed by atoms with E-state index in [1.165, 1.54) is 23.5 Å². The molecule has 5 nitrogen and oxygen atoms in total. The van der Waals surface area contributed by atoms with E-state index in [1.807, 2.05) is 5.38 Å². The number of morpholine rings is 1. The van der Waals surface area contributed by atoms with Gasteiger partial charge in [0.05, 0.1) is 17.9 Å². The summed E-state index contributed by atoms with van der Waals surface area (Å²) in [6, 6.07) is 6.23. The molecule has 1 saturated heterocycles. The van der Waals surface area contributed by atoms with Crippen molar-refractivity contribution in [2.75, 3.05) is 18.4 Å². The molecule has 1 aromatic heterocycles. The van der Waals surface area contributed by atoms with Crippen LogP contribution >= 0.6 is 11.3 Å². The first-order valence-corrected chi connectivity index (χ1v) is 9.72. The quantitative estimate of drug-likeness (QED) is 0.838. The molecule has 3 rings (SSSR count). The Morgan fingerprint density at radius 1 is 1.31 bits per heavy atom. The predicted octanol–water partition coefficient (Wildman–Crippen LogP) is 3.46. The number of carbonyl (C=O) groups excluding carboxylic acids is 1. The third-order valence-corrected chi connectivity index (χ3v) is 5.04.